The number of hydrazine groups is 1. The van der Waals surface area contributed by atoms with Crippen molar-refractivity contribution in [2.75, 3.05) is 37.7 Å². The van der Waals surface area contributed by atoms with Gasteiger partial charge in [-0.25, -0.2) is 19.2 Å². The SMILES string of the molecule is CC1C(F)CC2NNCC2C1c1c(C2CC2)cc2c(N3C[C@@H]4C[C@H]3CN4)nc(OC3CCOCC3)nc2c1OCc1ccc(Cn2c(=O)n(C)c3nccnc32)cc1. The maximum Gasteiger partial charge on any atom is 0.331 e. The first-order valence-electron chi connectivity index (χ1n) is 21.2. The van der Waals surface area contributed by atoms with Crippen LogP contribution in [0.4, 0.5) is 10.2 Å². The van der Waals surface area contributed by atoms with Gasteiger partial charge in [0, 0.05) is 81.0 Å². The van der Waals surface area contributed by atoms with Crippen LogP contribution < -0.4 is 36.2 Å². The van der Waals surface area contributed by atoms with Gasteiger partial charge in [0.2, 0.25) is 0 Å². The van der Waals surface area contributed by atoms with Crippen LogP contribution in [0.1, 0.15) is 79.5 Å². The minimum atomic E-state index is -0.956. The Labute approximate surface area is 335 Å². The van der Waals surface area contributed by atoms with Crippen molar-refractivity contribution in [2.24, 2.45) is 18.9 Å². The van der Waals surface area contributed by atoms with Gasteiger partial charge in [0.05, 0.1) is 19.8 Å². The van der Waals surface area contributed by atoms with Gasteiger partial charge < -0.3 is 24.4 Å². The van der Waals surface area contributed by atoms with E-state index in [1.807, 2.05) is 12.1 Å². The molecule has 7 atom stereocenters. The number of nitrogens with one attached hydrogen (secondary N) is 3. The third-order valence-corrected chi connectivity index (χ3v) is 13.8. The normalized spacial score (nSPS) is 28.5. The summed E-state index contributed by atoms with van der Waals surface area (Å²) in [4.78, 5) is 34.9. The highest BCUT2D eigenvalue weighted by Gasteiger charge is 2.49. The number of nitrogens with zero attached hydrogens (tertiary/aromatic N) is 7. The molecule has 2 saturated carbocycles. The van der Waals surface area contributed by atoms with Gasteiger partial charge in [0.25, 0.3) is 0 Å². The molecule has 15 heteroatoms. The molecule has 4 saturated heterocycles. The number of hydrogen-bond donors (Lipinski definition) is 3. The predicted molar refractivity (Wildman–Crippen MR) is 216 cm³/mol. The van der Waals surface area contributed by atoms with E-state index in [-0.39, 0.29) is 42.2 Å². The number of aryl methyl sites for hydroxylation is 1. The van der Waals surface area contributed by atoms with Gasteiger partial charge in [-0.15, -0.1) is 0 Å². The number of halogens is 1. The van der Waals surface area contributed by atoms with Crippen LogP contribution in [0.15, 0.2) is 47.5 Å². The van der Waals surface area contributed by atoms with Crippen molar-refractivity contribution < 1.29 is 18.6 Å². The maximum atomic E-state index is 16.2. The first kappa shape index (κ1) is 36.4. The molecule has 6 aliphatic rings. The largest absolute Gasteiger partial charge is 0.486 e. The van der Waals surface area contributed by atoms with E-state index in [4.69, 9.17) is 24.2 Å². The number of alkyl halides is 1. The molecule has 14 nitrogen and oxygen atoms in total. The minimum absolute atomic E-state index is 0.0283. The lowest BCUT2D eigenvalue weighted by Gasteiger charge is -2.41. The molecule has 0 spiro atoms. The van der Waals surface area contributed by atoms with E-state index >= 15 is 4.39 Å². The lowest BCUT2D eigenvalue weighted by molar-refractivity contribution is 0.0219. The summed E-state index contributed by atoms with van der Waals surface area (Å²) in [6, 6.07) is 11.7. The highest BCUT2D eigenvalue weighted by Crippen LogP contribution is 2.55. The Hall–Kier alpha value is -4.70. The van der Waals surface area contributed by atoms with Gasteiger partial charge in [0.1, 0.15) is 36.0 Å². The summed E-state index contributed by atoms with van der Waals surface area (Å²) in [6.45, 7) is 6.59. The summed E-state index contributed by atoms with van der Waals surface area (Å²) < 4.78 is 38.8. The lowest BCUT2D eigenvalue weighted by atomic mass is 9.65. The Kier molecular flexibility index (Phi) is 9.12. The Morgan fingerprint density at radius 2 is 1.78 bits per heavy atom. The Morgan fingerprint density at radius 1 is 0.983 bits per heavy atom. The molecular weight excluding hydrogens is 740 g/mol. The maximum absolute atomic E-state index is 16.2. The van der Waals surface area contributed by atoms with Crippen LogP contribution in [0.2, 0.25) is 0 Å². The van der Waals surface area contributed by atoms with E-state index in [1.54, 1.807) is 24.0 Å². The first-order chi connectivity index (χ1) is 28.4. The molecule has 2 bridgehead atoms. The molecule has 5 unspecified atom stereocenters. The van der Waals surface area contributed by atoms with Gasteiger partial charge in [0.15, 0.2) is 11.3 Å². The molecule has 2 aromatic carbocycles. The standard InChI is InChI=1S/C43H51FN10O4/c1-23-33(44)17-34-32(19-48-51-34)35(23)36-30(26-7-8-26)16-31-37(49-42(58-29-9-13-56-14-10-29)50-39(31)53-21-27-15-28(53)18-47-27)38(36)57-22-25-5-3-24(4-6-25)20-54-41-40(45-11-12-46-41)52(2)43(54)55/h3-6,11-12,16,23,26-29,32-35,47-48,51H,7-10,13-15,17-22H2,1-2H3/t23?,27-,28-,32?,33?,34?,35?/m0/s1. The number of ether oxygens (including phenoxy) is 3. The fourth-order valence-corrected chi connectivity index (χ4v) is 10.5. The van der Waals surface area contributed by atoms with Crippen LogP contribution in [0, 0.1) is 11.8 Å². The number of rotatable bonds is 10. The molecular formula is C43H51FN10O4. The number of piperazine rings is 1. The van der Waals surface area contributed by atoms with Crippen molar-refractivity contribution in [2.45, 2.75) is 101 Å². The third-order valence-electron chi connectivity index (χ3n) is 13.8. The van der Waals surface area contributed by atoms with E-state index in [2.05, 4.69) is 56.2 Å². The monoisotopic (exact) mass is 790 g/mol. The molecule has 4 aliphatic heterocycles. The van der Waals surface area contributed by atoms with Crippen LogP contribution in [0.5, 0.6) is 11.8 Å². The molecule has 3 N–H and O–H groups in total. The number of imidazole rings is 1. The van der Waals surface area contributed by atoms with Gasteiger partial charge >= 0.3 is 11.7 Å². The Bertz CT molecular complexity index is 2410. The second-order valence-corrected chi connectivity index (χ2v) is 17.5. The summed E-state index contributed by atoms with van der Waals surface area (Å²) in [5, 5.41) is 4.64. The number of hydrogen-bond acceptors (Lipinski definition) is 12. The van der Waals surface area contributed by atoms with Crippen molar-refractivity contribution in [3.8, 4) is 11.8 Å². The van der Waals surface area contributed by atoms with Gasteiger partial charge in [-0.2, -0.15) is 9.97 Å². The molecule has 2 aliphatic carbocycles. The summed E-state index contributed by atoms with van der Waals surface area (Å²) in [7, 11) is 1.72. The molecule has 3 aromatic heterocycles. The highest BCUT2D eigenvalue weighted by molar-refractivity contribution is 5.96. The van der Waals surface area contributed by atoms with Crippen molar-refractivity contribution in [1.82, 2.24) is 45.2 Å². The zero-order valence-corrected chi connectivity index (χ0v) is 33.1. The average molecular weight is 791 g/mol. The van der Waals surface area contributed by atoms with Gasteiger partial charge in [-0.3, -0.25) is 20.0 Å². The van der Waals surface area contributed by atoms with Crippen LogP contribution in [0.25, 0.3) is 22.2 Å². The summed E-state index contributed by atoms with van der Waals surface area (Å²) in [5.74, 6) is 1.91. The van der Waals surface area contributed by atoms with Crippen molar-refractivity contribution >= 4 is 28.0 Å². The number of aromatic nitrogens is 6. The van der Waals surface area contributed by atoms with E-state index in [9.17, 15) is 4.79 Å². The van der Waals surface area contributed by atoms with Crippen LogP contribution in [-0.4, -0.2) is 92.3 Å². The molecule has 0 radical (unpaired) electrons. The van der Waals surface area contributed by atoms with E-state index < -0.39 is 6.17 Å². The zero-order chi connectivity index (χ0) is 39.1. The van der Waals surface area contributed by atoms with Crippen LogP contribution in [0.3, 0.4) is 0 Å². The predicted octanol–water partition coefficient (Wildman–Crippen LogP) is 4.24. The zero-order valence-electron chi connectivity index (χ0n) is 33.1. The molecule has 0 amide bonds. The Balaban J connectivity index is 1.02. The number of anilines is 1. The van der Waals surface area contributed by atoms with Crippen molar-refractivity contribution in [1.29, 1.82) is 0 Å². The van der Waals surface area contributed by atoms with Gasteiger partial charge in [-0.05, 0) is 72.1 Å². The van der Waals surface area contributed by atoms with Crippen molar-refractivity contribution in [3.05, 3.63) is 75.5 Å². The highest BCUT2D eigenvalue weighted by atomic mass is 19.1. The fourth-order valence-electron chi connectivity index (χ4n) is 10.5. The average Bonchev–Trinajstić information content (AvgIpc) is 3.49. The smallest absolute Gasteiger partial charge is 0.331 e. The molecule has 304 valence electrons. The summed E-state index contributed by atoms with van der Waals surface area (Å²) in [5.41, 5.74) is 12.8. The number of benzene rings is 2. The summed E-state index contributed by atoms with van der Waals surface area (Å²) in [6.07, 6.45) is 7.53. The fraction of sp³-hybridized carbons (Fsp3) is 0.558. The number of fused-ring (bicyclic) bond motifs is 5. The van der Waals surface area contributed by atoms with Gasteiger partial charge in [-0.1, -0.05) is 31.2 Å². The minimum Gasteiger partial charge on any atom is -0.486 e. The molecule has 11 rings (SSSR count). The van der Waals surface area contributed by atoms with Crippen molar-refractivity contribution in [3.63, 3.8) is 0 Å². The molecule has 7 heterocycles. The van der Waals surface area contributed by atoms with Crippen LogP contribution in [-0.2, 0) is 24.9 Å². The second-order valence-electron chi connectivity index (χ2n) is 17.5. The second kappa shape index (κ2) is 14.5. The molecule has 58 heavy (non-hydrogen) atoms. The lowest BCUT2D eigenvalue weighted by Crippen LogP contribution is -2.45. The summed E-state index contributed by atoms with van der Waals surface area (Å²) >= 11 is 0. The third kappa shape index (κ3) is 6.32. The van der Waals surface area contributed by atoms with E-state index in [1.165, 1.54) is 10.1 Å². The molecule has 5 aromatic rings. The molecule has 6 fully saturated rings. The quantitative estimate of drug-likeness (QED) is 0.186. The topological polar surface area (TPSA) is 146 Å². The van der Waals surface area contributed by atoms with E-state index in [0.717, 1.165) is 90.9 Å². The first-order valence-corrected chi connectivity index (χ1v) is 21.2. The Morgan fingerprint density at radius 3 is 2.53 bits per heavy atom. The van der Waals surface area contributed by atoms with Crippen LogP contribution >= 0.6 is 0 Å². The van der Waals surface area contributed by atoms with E-state index in [0.29, 0.717) is 61.5 Å².